The van der Waals surface area contributed by atoms with Crippen molar-refractivity contribution in [3.05, 3.63) is 47.7 Å². The number of aliphatic hydroxyl groups excluding tert-OH is 2. The fourth-order valence-electron chi connectivity index (χ4n) is 4.82. The van der Waals surface area contributed by atoms with Crippen molar-refractivity contribution in [2.75, 3.05) is 11.9 Å². The number of primary amides is 1. The SMILES string of the molecule is CCC1CC2[C@H](O)C(O)COc3cccc(c3)Cc3ncc(F)c(n3)N[C@H]2[C@H]1C(N)=O. The van der Waals surface area contributed by atoms with Gasteiger partial charge in [-0.1, -0.05) is 25.5 Å². The van der Waals surface area contributed by atoms with Gasteiger partial charge in [0.05, 0.1) is 18.2 Å². The highest BCUT2D eigenvalue weighted by Crippen LogP contribution is 2.42. The summed E-state index contributed by atoms with van der Waals surface area (Å²) in [5, 5.41) is 24.6. The Morgan fingerprint density at radius 3 is 2.94 bits per heavy atom. The third-order valence-electron chi connectivity index (χ3n) is 6.40. The first-order valence-electron chi connectivity index (χ1n) is 10.5. The number of amides is 1. The predicted octanol–water partition coefficient (Wildman–Crippen LogP) is 1.25. The Morgan fingerprint density at radius 2 is 2.19 bits per heavy atom. The third-order valence-corrected chi connectivity index (χ3v) is 6.40. The molecule has 0 radical (unpaired) electrons. The van der Waals surface area contributed by atoms with Gasteiger partial charge in [0.1, 0.15) is 24.3 Å². The van der Waals surface area contributed by atoms with Crippen molar-refractivity contribution in [2.45, 2.75) is 44.4 Å². The number of nitrogens with zero attached hydrogens (tertiary/aromatic N) is 2. The van der Waals surface area contributed by atoms with Gasteiger partial charge in [-0.05, 0) is 30.0 Å². The molecule has 6 atom stereocenters. The summed E-state index contributed by atoms with van der Waals surface area (Å²) in [5.74, 6) is -1.61. The van der Waals surface area contributed by atoms with E-state index in [0.29, 0.717) is 30.8 Å². The van der Waals surface area contributed by atoms with E-state index in [-0.39, 0.29) is 18.3 Å². The van der Waals surface area contributed by atoms with Crippen LogP contribution in [0.15, 0.2) is 30.5 Å². The van der Waals surface area contributed by atoms with Gasteiger partial charge in [-0.25, -0.2) is 14.4 Å². The molecule has 4 bridgehead atoms. The number of anilines is 1. The van der Waals surface area contributed by atoms with E-state index >= 15 is 0 Å². The smallest absolute Gasteiger partial charge is 0.222 e. The summed E-state index contributed by atoms with van der Waals surface area (Å²) in [7, 11) is 0. The molecule has 1 aliphatic carbocycles. The van der Waals surface area contributed by atoms with E-state index in [2.05, 4.69) is 15.3 Å². The van der Waals surface area contributed by atoms with Crippen LogP contribution in [0.5, 0.6) is 5.75 Å². The van der Waals surface area contributed by atoms with Crippen LogP contribution < -0.4 is 15.8 Å². The number of halogens is 1. The number of aromatic nitrogens is 2. The van der Waals surface area contributed by atoms with Gasteiger partial charge in [0.15, 0.2) is 11.6 Å². The summed E-state index contributed by atoms with van der Waals surface area (Å²) < 4.78 is 20.3. The highest BCUT2D eigenvalue weighted by atomic mass is 19.1. The van der Waals surface area contributed by atoms with E-state index in [9.17, 15) is 19.4 Å². The molecule has 1 aliphatic heterocycles. The number of benzene rings is 1. The van der Waals surface area contributed by atoms with Crippen LogP contribution in [0.3, 0.4) is 0 Å². The number of carbonyl (C=O) groups excluding carboxylic acids is 1. The molecule has 31 heavy (non-hydrogen) atoms. The molecule has 166 valence electrons. The Kier molecular flexibility index (Phi) is 6.06. The topological polar surface area (TPSA) is 131 Å². The second kappa shape index (κ2) is 8.76. The molecule has 1 aromatic carbocycles. The number of ether oxygens (including phenoxy) is 1. The summed E-state index contributed by atoms with van der Waals surface area (Å²) in [5.41, 5.74) is 6.54. The number of nitrogens with two attached hydrogens (primary N) is 1. The molecule has 1 amide bonds. The van der Waals surface area contributed by atoms with E-state index < -0.39 is 41.8 Å². The minimum Gasteiger partial charge on any atom is -0.491 e. The van der Waals surface area contributed by atoms with Gasteiger partial charge in [0, 0.05) is 18.4 Å². The summed E-state index contributed by atoms with van der Waals surface area (Å²) in [6.45, 7) is 1.81. The first-order chi connectivity index (χ1) is 14.9. The second-order valence-electron chi connectivity index (χ2n) is 8.34. The Morgan fingerprint density at radius 1 is 1.39 bits per heavy atom. The zero-order chi connectivity index (χ0) is 22.1. The van der Waals surface area contributed by atoms with Gasteiger partial charge in [-0.2, -0.15) is 0 Å². The first kappa shape index (κ1) is 21.5. The Labute approximate surface area is 179 Å². The predicted molar refractivity (Wildman–Crippen MR) is 111 cm³/mol. The fraction of sp³-hybridized carbons (Fsp3) is 0.500. The van der Waals surface area contributed by atoms with E-state index in [1.165, 1.54) is 0 Å². The quantitative estimate of drug-likeness (QED) is 0.564. The van der Waals surface area contributed by atoms with Crippen molar-refractivity contribution in [2.24, 2.45) is 23.5 Å². The molecule has 2 heterocycles. The van der Waals surface area contributed by atoms with Crippen molar-refractivity contribution >= 4 is 11.7 Å². The minimum absolute atomic E-state index is 0.0471. The molecule has 8 nitrogen and oxygen atoms in total. The maximum Gasteiger partial charge on any atom is 0.222 e. The van der Waals surface area contributed by atoms with Crippen LogP contribution in [-0.2, 0) is 11.2 Å². The number of carbonyl (C=O) groups is 1. The molecule has 4 rings (SSSR count). The van der Waals surface area contributed by atoms with Crippen LogP contribution in [0.25, 0.3) is 0 Å². The molecule has 1 aromatic heterocycles. The van der Waals surface area contributed by atoms with Crippen LogP contribution in [0.4, 0.5) is 10.2 Å². The van der Waals surface area contributed by atoms with Gasteiger partial charge >= 0.3 is 0 Å². The van der Waals surface area contributed by atoms with Crippen LogP contribution >= 0.6 is 0 Å². The lowest BCUT2D eigenvalue weighted by Gasteiger charge is -2.31. The monoisotopic (exact) mass is 430 g/mol. The standard InChI is InChI=1S/C22H27FN4O4/c1-2-12-8-14-19(18(12)21(24)30)27-22-15(23)9-25-17(26-22)7-11-4-3-5-13(6-11)31-10-16(28)20(14)29/h3-6,9,12,14,16,18-20,28-29H,2,7-8,10H2,1H3,(H2,24,30)(H,25,26,27)/t12?,14?,16?,18-,19+,20-/m0/s1. The normalized spacial score (nSPS) is 30.5. The van der Waals surface area contributed by atoms with E-state index in [1.54, 1.807) is 18.2 Å². The van der Waals surface area contributed by atoms with Crippen LogP contribution in [0, 0.1) is 23.6 Å². The van der Waals surface area contributed by atoms with E-state index in [4.69, 9.17) is 10.5 Å². The molecule has 3 unspecified atom stereocenters. The summed E-state index contributed by atoms with van der Waals surface area (Å²) in [6.07, 6.45) is 0.146. The number of hydrogen-bond acceptors (Lipinski definition) is 7. The molecule has 0 saturated heterocycles. The highest BCUT2D eigenvalue weighted by Gasteiger charge is 2.49. The lowest BCUT2D eigenvalue weighted by molar-refractivity contribution is -0.123. The van der Waals surface area contributed by atoms with Crippen molar-refractivity contribution in [3.63, 3.8) is 0 Å². The van der Waals surface area contributed by atoms with Gasteiger partial charge in [0.2, 0.25) is 5.91 Å². The number of hydrogen-bond donors (Lipinski definition) is 4. The molecule has 2 aliphatic rings. The maximum absolute atomic E-state index is 14.6. The van der Waals surface area contributed by atoms with Crippen molar-refractivity contribution < 1.29 is 24.1 Å². The number of nitrogens with one attached hydrogen (secondary N) is 1. The molecule has 5 N–H and O–H groups in total. The van der Waals surface area contributed by atoms with Crippen molar-refractivity contribution in [1.29, 1.82) is 0 Å². The first-order valence-corrected chi connectivity index (χ1v) is 10.5. The molecule has 2 aromatic rings. The van der Waals surface area contributed by atoms with Crippen LogP contribution in [0.2, 0.25) is 0 Å². The van der Waals surface area contributed by atoms with Gasteiger partial charge in [-0.3, -0.25) is 4.79 Å². The Hall–Kier alpha value is -2.78. The molecular weight excluding hydrogens is 403 g/mol. The van der Waals surface area contributed by atoms with E-state index in [1.807, 2.05) is 13.0 Å². The zero-order valence-corrected chi connectivity index (χ0v) is 17.2. The number of aliphatic hydroxyl groups is 2. The van der Waals surface area contributed by atoms with Gasteiger partial charge in [-0.15, -0.1) is 0 Å². The maximum atomic E-state index is 14.6. The summed E-state index contributed by atoms with van der Waals surface area (Å²) in [4.78, 5) is 20.7. The molecule has 1 saturated carbocycles. The number of rotatable bonds is 2. The van der Waals surface area contributed by atoms with E-state index in [0.717, 1.165) is 11.8 Å². The van der Waals surface area contributed by atoms with Crippen molar-refractivity contribution in [3.8, 4) is 5.75 Å². The fourth-order valence-corrected chi connectivity index (χ4v) is 4.82. The lowest BCUT2D eigenvalue weighted by Crippen LogP contribution is -2.47. The van der Waals surface area contributed by atoms with Crippen LogP contribution in [0.1, 0.15) is 31.2 Å². The second-order valence-corrected chi connectivity index (χ2v) is 8.34. The highest BCUT2D eigenvalue weighted by molar-refractivity contribution is 5.79. The molecule has 1 fully saturated rings. The lowest BCUT2D eigenvalue weighted by atomic mass is 9.88. The van der Waals surface area contributed by atoms with Crippen molar-refractivity contribution in [1.82, 2.24) is 9.97 Å². The summed E-state index contributed by atoms with van der Waals surface area (Å²) >= 11 is 0. The average Bonchev–Trinajstić information content (AvgIpc) is 3.12. The Bertz CT molecular complexity index is 959. The minimum atomic E-state index is -1.20. The Balaban J connectivity index is 1.77. The van der Waals surface area contributed by atoms with Gasteiger partial charge in [0.25, 0.3) is 0 Å². The summed E-state index contributed by atoms with van der Waals surface area (Å²) in [6, 6.07) is 6.52. The number of fused-ring (bicyclic) bond motifs is 5. The van der Waals surface area contributed by atoms with Crippen LogP contribution in [-0.4, -0.2) is 50.9 Å². The van der Waals surface area contributed by atoms with Gasteiger partial charge < -0.3 is 26.0 Å². The average molecular weight is 430 g/mol. The third kappa shape index (κ3) is 4.33. The molecule has 0 spiro atoms. The zero-order valence-electron chi connectivity index (χ0n) is 17.2. The molecule has 9 heteroatoms. The molecular formula is C22H27FN4O4. The largest absolute Gasteiger partial charge is 0.491 e.